The number of rotatable bonds is 9. The number of guanidine groups is 1. The third kappa shape index (κ3) is 7.59. The lowest BCUT2D eigenvalue weighted by molar-refractivity contribution is 0.489. The minimum Gasteiger partial charge on any atom is -0.357 e. The fourth-order valence-electron chi connectivity index (χ4n) is 2.92. The Labute approximate surface area is 168 Å². The van der Waals surface area contributed by atoms with Crippen LogP contribution in [0.5, 0.6) is 0 Å². The predicted molar refractivity (Wildman–Crippen MR) is 118 cm³/mol. The van der Waals surface area contributed by atoms with Gasteiger partial charge in [-0.05, 0) is 49.8 Å². The van der Waals surface area contributed by atoms with E-state index in [1.54, 1.807) is 16.7 Å². The van der Waals surface area contributed by atoms with E-state index in [9.17, 15) is 4.79 Å². The van der Waals surface area contributed by atoms with Gasteiger partial charge in [0.1, 0.15) is 0 Å². The van der Waals surface area contributed by atoms with Crippen LogP contribution >= 0.6 is 0 Å². The topological polar surface area (TPSA) is 58.4 Å². The maximum atomic E-state index is 11.8. The SMILES string of the molecule is CCNC(=NCc1ccc(Cn2ccccc2=O)cc1)NC(C)CCC(C)C. The van der Waals surface area contributed by atoms with Crippen LogP contribution in [0, 0.1) is 5.92 Å². The average Bonchev–Trinajstić information content (AvgIpc) is 2.67. The van der Waals surface area contributed by atoms with E-state index in [2.05, 4.69) is 62.6 Å². The molecule has 28 heavy (non-hydrogen) atoms. The standard InChI is InChI=1S/C23H34N4O/c1-5-24-23(26-19(4)10-9-18(2)3)25-16-20-11-13-21(14-12-20)17-27-15-7-6-8-22(27)28/h6-8,11-15,18-19H,5,9-10,16-17H2,1-4H3,(H2,24,25,26). The van der Waals surface area contributed by atoms with Crippen molar-refractivity contribution in [2.45, 2.75) is 59.7 Å². The second-order valence-electron chi connectivity index (χ2n) is 7.70. The molecule has 5 heteroatoms. The second kappa shape index (κ2) is 11.3. The minimum atomic E-state index is 0.0177. The number of nitrogens with one attached hydrogen (secondary N) is 2. The Morgan fingerprint density at radius 2 is 1.75 bits per heavy atom. The lowest BCUT2D eigenvalue weighted by atomic mass is 10.0. The van der Waals surface area contributed by atoms with E-state index >= 15 is 0 Å². The molecular weight excluding hydrogens is 348 g/mol. The van der Waals surface area contributed by atoms with Crippen molar-refractivity contribution in [1.29, 1.82) is 0 Å². The van der Waals surface area contributed by atoms with Crippen LogP contribution in [0.2, 0.25) is 0 Å². The van der Waals surface area contributed by atoms with Crippen LogP contribution in [0.15, 0.2) is 58.4 Å². The van der Waals surface area contributed by atoms with E-state index in [1.807, 2.05) is 12.3 Å². The lowest BCUT2D eigenvalue weighted by Crippen LogP contribution is -2.42. The van der Waals surface area contributed by atoms with Crippen LogP contribution < -0.4 is 16.2 Å². The Morgan fingerprint density at radius 1 is 1.04 bits per heavy atom. The summed E-state index contributed by atoms with van der Waals surface area (Å²) in [7, 11) is 0. The zero-order valence-electron chi connectivity index (χ0n) is 17.6. The highest BCUT2D eigenvalue weighted by atomic mass is 16.1. The summed E-state index contributed by atoms with van der Waals surface area (Å²) in [5, 5.41) is 6.82. The summed E-state index contributed by atoms with van der Waals surface area (Å²) < 4.78 is 1.71. The van der Waals surface area contributed by atoms with Crippen LogP contribution in [0.1, 0.15) is 51.7 Å². The summed E-state index contributed by atoms with van der Waals surface area (Å²) in [5.41, 5.74) is 2.27. The molecule has 0 aliphatic heterocycles. The molecule has 0 radical (unpaired) electrons. The quantitative estimate of drug-likeness (QED) is 0.513. The van der Waals surface area contributed by atoms with Crippen molar-refractivity contribution in [2.24, 2.45) is 10.9 Å². The monoisotopic (exact) mass is 382 g/mol. The van der Waals surface area contributed by atoms with E-state index < -0.39 is 0 Å². The highest BCUT2D eigenvalue weighted by molar-refractivity contribution is 5.80. The number of aromatic nitrogens is 1. The van der Waals surface area contributed by atoms with Crippen molar-refractivity contribution in [3.8, 4) is 0 Å². The third-order valence-electron chi connectivity index (χ3n) is 4.60. The summed E-state index contributed by atoms with van der Waals surface area (Å²) in [6.45, 7) is 10.8. The molecule has 1 aromatic carbocycles. The minimum absolute atomic E-state index is 0.0177. The smallest absolute Gasteiger partial charge is 0.250 e. The Kier molecular flexibility index (Phi) is 8.79. The molecule has 2 rings (SSSR count). The van der Waals surface area contributed by atoms with Crippen molar-refractivity contribution in [3.63, 3.8) is 0 Å². The molecule has 2 N–H and O–H groups in total. The average molecular weight is 383 g/mol. The van der Waals surface area contributed by atoms with Gasteiger partial charge >= 0.3 is 0 Å². The summed E-state index contributed by atoms with van der Waals surface area (Å²) in [4.78, 5) is 16.6. The van der Waals surface area contributed by atoms with Gasteiger partial charge in [-0.3, -0.25) is 4.79 Å². The van der Waals surface area contributed by atoms with E-state index in [1.165, 1.54) is 6.42 Å². The lowest BCUT2D eigenvalue weighted by Gasteiger charge is -2.18. The van der Waals surface area contributed by atoms with Crippen LogP contribution in [0.3, 0.4) is 0 Å². The molecule has 0 spiro atoms. The first-order valence-corrected chi connectivity index (χ1v) is 10.3. The Bertz CT molecular complexity index is 793. The van der Waals surface area contributed by atoms with Crippen LogP contribution in [0.4, 0.5) is 0 Å². The number of aliphatic imine (C=N–C) groups is 1. The number of hydrogen-bond acceptors (Lipinski definition) is 2. The van der Waals surface area contributed by atoms with Gasteiger partial charge in [-0.15, -0.1) is 0 Å². The van der Waals surface area contributed by atoms with Crippen molar-refractivity contribution in [3.05, 3.63) is 70.1 Å². The van der Waals surface area contributed by atoms with Gasteiger partial charge in [0.05, 0.1) is 13.1 Å². The molecule has 1 aromatic heterocycles. The summed E-state index contributed by atoms with van der Waals surface area (Å²) in [5.74, 6) is 1.58. The molecule has 152 valence electrons. The van der Waals surface area contributed by atoms with Gasteiger partial charge in [0.15, 0.2) is 5.96 Å². The van der Waals surface area contributed by atoms with Gasteiger partial charge < -0.3 is 15.2 Å². The molecule has 5 nitrogen and oxygen atoms in total. The number of pyridine rings is 1. The molecule has 0 bridgehead atoms. The van der Waals surface area contributed by atoms with Crippen molar-refractivity contribution >= 4 is 5.96 Å². The fraction of sp³-hybridized carbons (Fsp3) is 0.478. The first kappa shape index (κ1) is 21.7. The highest BCUT2D eigenvalue weighted by Crippen LogP contribution is 2.08. The van der Waals surface area contributed by atoms with Gasteiger partial charge in [-0.1, -0.05) is 44.2 Å². The molecule has 0 aliphatic rings. The zero-order valence-corrected chi connectivity index (χ0v) is 17.6. The van der Waals surface area contributed by atoms with Crippen LogP contribution in [0.25, 0.3) is 0 Å². The maximum Gasteiger partial charge on any atom is 0.250 e. The zero-order chi connectivity index (χ0) is 20.4. The molecule has 2 aromatic rings. The number of benzene rings is 1. The molecule has 0 aliphatic carbocycles. The van der Waals surface area contributed by atoms with Gasteiger partial charge in [0, 0.05) is 24.8 Å². The molecule has 1 heterocycles. The van der Waals surface area contributed by atoms with Gasteiger partial charge in [-0.25, -0.2) is 4.99 Å². The molecule has 0 saturated carbocycles. The Hall–Kier alpha value is -2.56. The molecule has 0 amide bonds. The van der Waals surface area contributed by atoms with Crippen molar-refractivity contribution in [2.75, 3.05) is 6.54 Å². The van der Waals surface area contributed by atoms with Gasteiger partial charge in [0.25, 0.3) is 5.56 Å². The fourth-order valence-corrected chi connectivity index (χ4v) is 2.92. The van der Waals surface area contributed by atoms with E-state index in [0.29, 0.717) is 25.0 Å². The van der Waals surface area contributed by atoms with Crippen molar-refractivity contribution < 1.29 is 0 Å². The normalized spacial score (nSPS) is 12.8. The first-order chi connectivity index (χ1) is 13.5. The molecule has 0 saturated heterocycles. The Balaban J connectivity index is 1.94. The molecule has 0 fully saturated rings. The predicted octanol–water partition coefficient (Wildman–Crippen LogP) is 3.78. The van der Waals surface area contributed by atoms with E-state index in [0.717, 1.165) is 30.1 Å². The van der Waals surface area contributed by atoms with Crippen LogP contribution in [-0.4, -0.2) is 23.1 Å². The van der Waals surface area contributed by atoms with E-state index in [-0.39, 0.29) is 5.56 Å². The molecule has 1 unspecified atom stereocenters. The molecular formula is C23H34N4O. The summed E-state index contributed by atoms with van der Waals surface area (Å²) >= 11 is 0. The Morgan fingerprint density at radius 3 is 2.39 bits per heavy atom. The maximum absolute atomic E-state index is 11.8. The highest BCUT2D eigenvalue weighted by Gasteiger charge is 2.06. The van der Waals surface area contributed by atoms with Crippen molar-refractivity contribution in [1.82, 2.24) is 15.2 Å². The van der Waals surface area contributed by atoms with Gasteiger partial charge in [-0.2, -0.15) is 0 Å². The van der Waals surface area contributed by atoms with Crippen LogP contribution in [-0.2, 0) is 13.1 Å². The first-order valence-electron chi connectivity index (χ1n) is 10.3. The summed E-state index contributed by atoms with van der Waals surface area (Å²) in [6.07, 6.45) is 4.16. The largest absolute Gasteiger partial charge is 0.357 e. The molecule has 1 atom stereocenters. The number of hydrogen-bond donors (Lipinski definition) is 2. The van der Waals surface area contributed by atoms with Gasteiger partial charge in [0.2, 0.25) is 0 Å². The second-order valence-corrected chi connectivity index (χ2v) is 7.70. The summed E-state index contributed by atoms with van der Waals surface area (Å²) in [6, 6.07) is 13.9. The van der Waals surface area contributed by atoms with E-state index in [4.69, 9.17) is 4.99 Å². The number of nitrogens with zero attached hydrogens (tertiary/aromatic N) is 2. The third-order valence-corrected chi connectivity index (χ3v) is 4.60.